The number of aromatic nitrogens is 2. The normalized spacial score (nSPS) is 16.6. The molecule has 0 unspecified atom stereocenters. The highest BCUT2D eigenvalue weighted by atomic mass is 32.2. The minimum absolute atomic E-state index is 0.0900. The molecule has 0 spiro atoms. The fourth-order valence-corrected chi connectivity index (χ4v) is 4.83. The fraction of sp³-hybridized carbons (Fsp3) is 0.444. The molecule has 2 aromatic rings. The molecule has 1 aliphatic rings. The van der Waals surface area contributed by atoms with E-state index in [1.165, 1.54) is 5.56 Å². The molecular weight excluding hydrogens is 324 g/mol. The maximum Gasteiger partial charge on any atom is 0.272 e. The predicted molar refractivity (Wildman–Crippen MR) is 99.2 cm³/mol. The lowest BCUT2D eigenvalue weighted by Crippen LogP contribution is -2.23. The number of thioether (sulfide) groups is 2. The molecule has 0 fully saturated rings. The molecule has 3 nitrogen and oxygen atoms in total. The van der Waals surface area contributed by atoms with E-state index in [4.69, 9.17) is 4.98 Å². The molecule has 3 rings (SSSR count). The summed E-state index contributed by atoms with van der Waals surface area (Å²) in [5.74, 6) is 0.996. The highest BCUT2D eigenvalue weighted by molar-refractivity contribution is 8.00. The highest BCUT2D eigenvalue weighted by Gasteiger charge is 2.26. The molecule has 0 N–H and O–H groups in total. The zero-order valence-corrected chi connectivity index (χ0v) is 15.5. The van der Waals surface area contributed by atoms with Gasteiger partial charge in [0, 0.05) is 17.4 Å². The van der Waals surface area contributed by atoms with Gasteiger partial charge >= 0.3 is 0 Å². The summed E-state index contributed by atoms with van der Waals surface area (Å²) in [5, 5.41) is 1.27. The molecule has 5 heteroatoms. The van der Waals surface area contributed by atoms with E-state index >= 15 is 0 Å². The van der Waals surface area contributed by atoms with Crippen molar-refractivity contribution >= 4 is 23.5 Å². The Balaban J connectivity index is 2.09. The molecule has 122 valence electrons. The third-order valence-electron chi connectivity index (χ3n) is 3.90. The first-order chi connectivity index (χ1) is 11.1. The monoisotopic (exact) mass is 346 g/mol. The minimum Gasteiger partial charge on any atom is -0.268 e. The largest absolute Gasteiger partial charge is 0.272 e. The molecular formula is C18H22N2OS2. The van der Waals surface area contributed by atoms with Crippen LogP contribution in [0.15, 0.2) is 39.1 Å². The van der Waals surface area contributed by atoms with Gasteiger partial charge in [0.25, 0.3) is 5.56 Å². The van der Waals surface area contributed by atoms with Crippen molar-refractivity contribution in [2.45, 2.75) is 55.3 Å². The quantitative estimate of drug-likeness (QED) is 0.454. The van der Waals surface area contributed by atoms with Crippen molar-refractivity contribution in [3.05, 3.63) is 45.9 Å². The summed E-state index contributed by atoms with van der Waals surface area (Å²) in [5.41, 5.74) is 3.18. The van der Waals surface area contributed by atoms with Crippen LogP contribution in [0.3, 0.4) is 0 Å². The van der Waals surface area contributed by atoms with Crippen molar-refractivity contribution in [1.29, 1.82) is 0 Å². The van der Waals surface area contributed by atoms with Crippen molar-refractivity contribution in [1.82, 2.24) is 9.55 Å². The van der Waals surface area contributed by atoms with Gasteiger partial charge < -0.3 is 0 Å². The summed E-state index contributed by atoms with van der Waals surface area (Å²) in [7, 11) is 0. The Morgan fingerprint density at radius 1 is 1.35 bits per heavy atom. The van der Waals surface area contributed by atoms with Crippen LogP contribution in [0, 0.1) is 6.92 Å². The molecule has 1 aromatic carbocycles. The predicted octanol–water partition coefficient (Wildman–Crippen LogP) is 4.47. The Bertz CT molecular complexity index is 753. The molecule has 1 atom stereocenters. The van der Waals surface area contributed by atoms with Gasteiger partial charge in [-0.25, -0.2) is 4.98 Å². The van der Waals surface area contributed by atoms with Gasteiger partial charge in [-0.1, -0.05) is 49.7 Å². The second-order valence-corrected chi connectivity index (χ2v) is 8.49. The second-order valence-electron chi connectivity index (χ2n) is 5.98. The maximum atomic E-state index is 13.0. The number of hydrogen-bond acceptors (Lipinski definition) is 4. The summed E-state index contributed by atoms with van der Waals surface area (Å²) in [4.78, 5) is 18.7. The molecule has 0 amide bonds. The summed E-state index contributed by atoms with van der Waals surface area (Å²) < 4.78 is 1.80. The van der Waals surface area contributed by atoms with Gasteiger partial charge in [0.05, 0.1) is 16.3 Å². The molecule has 1 aromatic heterocycles. The Hall–Kier alpha value is -1.20. The summed E-state index contributed by atoms with van der Waals surface area (Å²) in [6.45, 7) is 6.40. The zero-order chi connectivity index (χ0) is 16.4. The van der Waals surface area contributed by atoms with E-state index in [9.17, 15) is 4.79 Å². The Kier molecular flexibility index (Phi) is 5.17. The topological polar surface area (TPSA) is 34.9 Å². The van der Waals surface area contributed by atoms with Gasteiger partial charge in [-0.15, -0.1) is 11.8 Å². The number of nitrogens with zero attached hydrogens (tertiary/aromatic N) is 2. The number of rotatable bonds is 5. The third kappa shape index (κ3) is 3.50. The van der Waals surface area contributed by atoms with Crippen molar-refractivity contribution < 1.29 is 0 Å². The third-order valence-corrected chi connectivity index (χ3v) is 6.14. The van der Waals surface area contributed by atoms with Crippen LogP contribution in [0.4, 0.5) is 0 Å². The summed E-state index contributed by atoms with van der Waals surface area (Å²) in [6, 6.07) is 8.12. The van der Waals surface area contributed by atoms with Crippen LogP contribution >= 0.6 is 23.5 Å². The van der Waals surface area contributed by atoms with E-state index in [0.29, 0.717) is 5.25 Å². The van der Waals surface area contributed by atoms with E-state index in [0.717, 1.165) is 46.4 Å². The highest BCUT2D eigenvalue weighted by Crippen LogP contribution is 2.35. The minimum atomic E-state index is 0.0900. The van der Waals surface area contributed by atoms with Crippen LogP contribution in [-0.4, -0.2) is 20.6 Å². The van der Waals surface area contributed by atoms with Gasteiger partial charge in [-0.3, -0.25) is 9.36 Å². The van der Waals surface area contributed by atoms with Gasteiger partial charge in [0.15, 0.2) is 5.16 Å². The number of hydrogen-bond donors (Lipinski definition) is 0. The standard InChI is InChI=1S/C18H22N2OS2/c1-4-5-10-22-18-19-15-11-13(3)23-16(15)17(21)20(18)14-8-6-12(2)7-9-14/h6-9,13H,4-5,10-11H2,1-3H3/t13-/m0/s1. The zero-order valence-electron chi connectivity index (χ0n) is 13.8. The first-order valence-electron chi connectivity index (χ1n) is 8.12. The molecule has 0 radical (unpaired) electrons. The van der Waals surface area contributed by atoms with Crippen molar-refractivity contribution in [2.24, 2.45) is 0 Å². The van der Waals surface area contributed by atoms with Crippen molar-refractivity contribution in [3.8, 4) is 5.69 Å². The van der Waals surface area contributed by atoms with Gasteiger partial charge in [-0.05, 0) is 25.5 Å². The molecule has 0 saturated carbocycles. The first kappa shape index (κ1) is 16.7. The van der Waals surface area contributed by atoms with Gasteiger partial charge in [0.2, 0.25) is 0 Å². The van der Waals surface area contributed by atoms with Crippen LogP contribution in [0.2, 0.25) is 0 Å². The Morgan fingerprint density at radius 2 is 2.09 bits per heavy atom. The van der Waals surface area contributed by atoms with E-state index in [1.54, 1.807) is 28.1 Å². The van der Waals surface area contributed by atoms with Gasteiger partial charge in [-0.2, -0.15) is 0 Å². The number of fused-ring (bicyclic) bond motifs is 1. The van der Waals surface area contributed by atoms with E-state index < -0.39 is 0 Å². The van der Waals surface area contributed by atoms with E-state index in [-0.39, 0.29) is 5.56 Å². The average Bonchev–Trinajstić information content (AvgIpc) is 2.90. The summed E-state index contributed by atoms with van der Waals surface area (Å²) in [6.07, 6.45) is 3.18. The molecule has 23 heavy (non-hydrogen) atoms. The maximum absolute atomic E-state index is 13.0. The number of aryl methyl sites for hydroxylation is 1. The molecule has 0 aliphatic carbocycles. The first-order valence-corrected chi connectivity index (χ1v) is 9.99. The smallest absolute Gasteiger partial charge is 0.268 e. The average molecular weight is 347 g/mol. The van der Waals surface area contributed by atoms with Crippen LogP contribution in [0.25, 0.3) is 5.69 Å². The van der Waals surface area contributed by atoms with Crippen molar-refractivity contribution in [3.63, 3.8) is 0 Å². The molecule has 0 bridgehead atoms. The van der Waals surface area contributed by atoms with Crippen LogP contribution in [0.5, 0.6) is 0 Å². The molecule has 0 saturated heterocycles. The second kappa shape index (κ2) is 7.14. The fourth-order valence-electron chi connectivity index (χ4n) is 2.63. The lowest BCUT2D eigenvalue weighted by molar-refractivity contribution is 0.729. The number of unbranched alkanes of at least 4 members (excludes halogenated alkanes) is 1. The Morgan fingerprint density at radius 3 is 2.78 bits per heavy atom. The lowest BCUT2D eigenvalue weighted by atomic mass is 10.2. The van der Waals surface area contributed by atoms with Crippen LogP contribution in [0.1, 0.15) is 37.9 Å². The van der Waals surface area contributed by atoms with E-state index in [1.807, 2.05) is 24.3 Å². The molecule has 2 heterocycles. The Labute approximate surface area is 145 Å². The van der Waals surface area contributed by atoms with E-state index in [2.05, 4.69) is 20.8 Å². The van der Waals surface area contributed by atoms with Crippen LogP contribution < -0.4 is 5.56 Å². The molecule has 1 aliphatic heterocycles. The van der Waals surface area contributed by atoms with Gasteiger partial charge in [0.1, 0.15) is 0 Å². The van der Waals surface area contributed by atoms with Crippen LogP contribution in [-0.2, 0) is 6.42 Å². The van der Waals surface area contributed by atoms with Crippen molar-refractivity contribution in [2.75, 3.05) is 5.75 Å². The summed E-state index contributed by atoms with van der Waals surface area (Å²) >= 11 is 3.36. The number of benzene rings is 1. The lowest BCUT2D eigenvalue weighted by Gasteiger charge is -2.13. The SMILES string of the molecule is CCCCSc1nc2c(c(=O)n1-c1ccc(C)cc1)S[C@@H](C)C2.